The lowest BCUT2D eigenvalue weighted by atomic mass is 10.2. The van der Waals surface area contributed by atoms with Gasteiger partial charge in [-0.2, -0.15) is 0 Å². The van der Waals surface area contributed by atoms with Crippen LogP contribution in [0.15, 0.2) is 23.0 Å². The molecule has 4 nitrogen and oxygen atoms in total. The van der Waals surface area contributed by atoms with Gasteiger partial charge in [0.25, 0.3) is 5.56 Å². The van der Waals surface area contributed by atoms with Crippen molar-refractivity contribution in [2.45, 2.75) is 32.7 Å². The third kappa shape index (κ3) is 3.33. The van der Waals surface area contributed by atoms with Crippen molar-refractivity contribution in [1.29, 1.82) is 0 Å². The van der Waals surface area contributed by atoms with Gasteiger partial charge >= 0.3 is 0 Å². The summed E-state index contributed by atoms with van der Waals surface area (Å²) in [4.78, 5) is 19.3. The summed E-state index contributed by atoms with van der Waals surface area (Å²) in [6, 6.07) is 5.13. The zero-order valence-corrected chi connectivity index (χ0v) is 11.9. The van der Waals surface area contributed by atoms with E-state index in [0.717, 1.165) is 19.4 Å². The molecule has 0 aliphatic carbocycles. The molecule has 1 unspecified atom stereocenters. The molecule has 2 N–H and O–H groups in total. The van der Waals surface area contributed by atoms with Crippen LogP contribution in [0.5, 0.6) is 0 Å². The summed E-state index contributed by atoms with van der Waals surface area (Å²) in [6.07, 6.45) is 2.24. The fourth-order valence-electron chi connectivity index (χ4n) is 1.93. The third-order valence-electron chi connectivity index (χ3n) is 3.08. The van der Waals surface area contributed by atoms with E-state index in [1.54, 1.807) is 18.2 Å². The summed E-state index contributed by atoms with van der Waals surface area (Å²) >= 11 is 5.94. The number of hydrogen-bond donors (Lipinski definition) is 2. The molecule has 1 aromatic carbocycles. The minimum atomic E-state index is -0.124. The second-order valence-electron chi connectivity index (χ2n) is 4.64. The van der Waals surface area contributed by atoms with Gasteiger partial charge in [0.2, 0.25) is 0 Å². The molecule has 5 heteroatoms. The second-order valence-corrected chi connectivity index (χ2v) is 5.08. The number of unbranched alkanes of at least 4 members (excludes halogenated alkanes) is 1. The van der Waals surface area contributed by atoms with Crippen LogP contribution in [-0.2, 0) is 0 Å². The predicted octanol–water partition coefficient (Wildman–Crippen LogP) is 3.03. The van der Waals surface area contributed by atoms with Crippen molar-refractivity contribution in [2.75, 3.05) is 6.54 Å². The maximum Gasteiger partial charge on any atom is 0.258 e. The molecular weight excluding hydrogens is 262 g/mol. The molecule has 0 fully saturated rings. The van der Waals surface area contributed by atoms with Crippen LogP contribution in [0.1, 0.15) is 38.6 Å². The van der Waals surface area contributed by atoms with E-state index in [9.17, 15) is 4.79 Å². The summed E-state index contributed by atoms with van der Waals surface area (Å²) in [5.74, 6) is 0.649. The molecule has 102 valence electrons. The summed E-state index contributed by atoms with van der Waals surface area (Å²) in [6.45, 7) is 5.05. The van der Waals surface area contributed by atoms with Crippen molar-refractivity contribution < 1.29 is 0 Å². The maximum absolute atomic E-state index is 12.0. The first-order valence-corrected chi connectivity index (χ1v) is 6.92. The molecule has 0 amide bonds. The molecule has 0 aliphatic rings. The number of nitrogens with one attached hydrogen (secondary N) is 2. The fourth-order valence-corrected chi connectivity index (χ4v) is 2.09. The molecule has 2 rings (SSSR count). The van der Waals surface area contributed by atoms with Crippen molar-refractivity contribution >= 4 is 22.5 Å². The number of fused-ring (bicyclic) bond motifs is 1. The number of rotatable bonds is 5. The molecule has 1 heterocycles. The maximum atomic E-state index is 12.0. The smallest absolute Gasteiger partial charge is 0.258 e. The summed E-state index contributed by atoms with van der Waals surface area (Å²) in [7, 11) is 0. The summed E-state index contributed by atoms with van der Waals surface area (Å²) < 4.78 is 0. The number of nitrogens with zero attached hydrogens (tertiary/aromatic N) is 1. The van der Waals surface area contributed by atoms with E-state index >= 15 is 0 Å². The van der Waals surface area contributed by atoms with Crippen molar-refractivity contribution in [2.24, 2.45) is 0 Å². The van der Waals surface area contributed by atoms with E-state index in [1.807, 2.05) is 6.92 Å². The molecule has 0 radical (unpaired) electrons. The van der Waals surface area contributed by atoms with Gasteiger partial charge in [0.05, 0.1) is 16.9 Å². The van der Waals surface area contributed by atoms with Crippen LogP contribution in [-0.4, -0.2) is 16.5 Å². The van der Waals surface area contributed by atoms with E-state index in [0.29, 0.717) is 21.7 Å². The molecule has 1 atom stereocenters. The Hall–Kier alpha value is -1.39. The van der Waals surface area contributed by atoms with Crippen LogP contribution in [0.25, 0.3) is 10.9 Å². The fraction of sp³-hybridized carbons (Fsp3) is 0.429. The first-order chi connectivity index (χ1) is 9.11. The molecule has 0 saturated heterocycles. The molecule has 0 saturated carbocycles. The van der Waals surface area contributed by atoms with Gasteiger partial charge in [-0.15, -0.1) is 0 Å². The highest BCUT2D eigenvalue weighted by molar-refractivity contribution is 6.31. The lowest BCUT2D eigenvalue weighted by Gasteiger charge is -2.13. The van der Waals surface area contributed by atoms with Crippen LogP contribution < -0.4 is 10.9 Å². The number of H-pyrrole nitrogens is 1. The van der Waals surface area contributed by atoms with Gasteiger partial charge in [-0.25, -0.2) is 4.98 Å². The van der Waals surface area contributed by atoms with Gasteiger partial charge in [-0.1, -0.05) is 24.9 Å². The molecule has 0 aliphatic heterocycles. The minimum absolute atomic E-state index is 0.0163. The minimum Gasteiger partial charge on any atom is -0.309 e. The molecule has 2 aromatic rings. The van der Waals surface area contributed by atoms with Gasteiger partial charge in [0.1, 0.15) is 5.82 Å². The van der Waals surface area contributed by atoms with E-state index < -0.39 is 0 Å². The molecule has 19 heavy (non-hydrogen) atoms. The van der Waals surface area contributed by atoms with Gasteiger partial charge < -0.3 is 10.3 Å². The average molecular weight is 280 g/mol. The van der Waals surface area contributed by atoms with Crippen LogP contribution in [0.4, 0.5) is 0 Å². The van der Waals surface area contributed by atoms with Gasteiger partial charge in [0, 0.05) is 5.02 Å². The van der Waals surface area contributed by atoms with E-state index in [2.05, 4.69) is 22.2 Å². The summed E-state index contributed by atoms with van der Waals surface area (Å²) in [5.41, 5.74) is 0.510. The van der Waals surface area contributed by atoms with Crippen LogP contribution in [0, 0.1) is 0 Å². The Bertz CT molecular complexity index is 624. The highest BCUT2D eigenvalue weighted by Gasteiger charge is 2.10. The normalized spacial score (nSPS) is 12.8. The number of aromatic amines is 1. The topological polar surface area (TPSA) is 57.8 Å². The van der Waals surface area contributed by atoms with Crippen LogP contribution in [0.3, 0.4) is 0 Å². The highest BCUT2D eigenvalue weighted by atomic mass is 35.5. The van der Waals surface area contributed by atoms with Gasteiger partial charge in [0.15, 0.2) is 0 Å². The summed E-state index contributed by atoms with van der Waals surface area (Å²) in [5, 5.41) is 4.49. The van der Waals surface area contributed by atoms with E-state index in [1.165, 1.54) is 0 Å². The van der Waals surface area contributed by atoms with Gasteiger partial charge in [-0.3, -0.25) is 4.79 Å². The Kier molecular flexibility index (Phi) is 4.56. The average Bonchev–Trinajstić information content (AvgIpc) is 2.38. The highest BCUT2D eigenvalue weighted by Crippen LogP contribution is 2.16. The zero-order chi connectivity index (χ0) is 13.8. The standard InChI is InChI=1S/C14H18ClN3O/c1-3-4-7-16-9(2)13-17-12-8-10(15)5-6-11(12)14(19)18-13/h5-6,8-9,16H,3-4,7H2,1-2H3,(H,17,18,19). The quantitative estimate of drug-likeness (QED) is 0.827. The Morgan fingerprint density at radius 3 is 3.00 bits per heavy atom. The second kappa shape index (κ2) is 6.17. The number of halogens is 1. The van der Waals surface area contributed by atoms with E-state index in [-0.39, 0.29) is 11.6 Å². The zero-order valence-electron chi connectivity index (χ0n) is 11.2. The van der Waals surface area contributed by atoms with Crippen molar-refractivity contribution in [3.8, 4) is 0 Å². The van der Waals surface area contributed by atoms with Crippen LogP contribution >= 0.6 is 11.6 Å². The van der Waals surface area contributed by atoms with Crippen molar-refractivity contribution in [3.05, 3.63) is 39.4 Å². The van der Waals surface area contributed by atoms with Gasteiger partial charge in [-0.05, 0) is 38.1 Å². The monoisotopic (exact) mass is 279 g/mol. The molecule has 0 spiro atoms. The SMILES string of the molecule is CCCCNC(C)c1nc2cc(Cl)ccc2c(=O)[nH]1. The Labute approximate surface area is 117 Å². The predicted molar refractivity (Wildman–Crippen MR) is 78.7 cm³/mol. The molecule has 0 bridgehead atoms. The van der Waals surface area contributed by atoms with E-state index in [4.69, 9.17) is 11.6 Å². The third-order valence-corrected chi connectivity index (χ3v) is 3.31. The van der Waals surface area contributed by atoms with Crippen molar-refractivity contribution in [3.63, 3.8) is 0 Å². The number of benzene rings is 1. The lowest BCUT2D eigenvalue weighted by Crippen LogP contribution is -2.24. The van der Waals surface area contributed by atoms with Crippen LogP contribution in [0.2, 0.25) is 5.02 Å². The first-order valence-electron chi connectivity index (χ1n) is 6.54. The molecule has 1 aromatic heterocycles. The number of hydrogen-bond acceptors (Lipinski definition) is 3. The largest absolute Gasteiger partial charge is 0.309 e. The Morgan fingerprint density at radius 2 is 2.26 bits per heavy atom. The Balaban J connectivity index is 2.31. The first kappa shape index (κ1) is 14.0. The lowest BCUT2D eigenvalue weighted by molar-refractivity contribution is 0.532. The van der Waals surface area contributed by atoms with Crippen molar-refractivity contribution in [1.82, 2.24) is 15.3 Å². The molecular formula is C14H18ClN3O. The Morgan fingerprint density at radius 1 is 1.47 bits per heavy atom. The number of aromatic nitrogens is 2.